The molecule has 0 bridgehead atoms. The van der Waals surface area contributed by atoms with Gasteiger partial charge in [0.1, 0.15) is 11.6 Å². The van der Waals surface area contributed by atoms with E-state index in [1.807, 2.05) is 31.2 Å². The van der Waals surface area contributed by atoms with Crippen molar-refractivity contribution in [3.63, 3.8) is 0 Å². The first-order valence-electron chi connectivity index (χ1n) is 7.23. The zero-order valence-electron chi connectivity index (χ0n) is 12.6. The lowest BCUT2D eigenvalue weighted by Crippen LogP contribution is -2.31. The van der Waals surface area contributed by atoms with Crippen LogP contribution >= 0.6 is 15.9 Å². The molecule has 2 rings (SSSR count). The van der Waals surface area contributed by atoms with Gasteiger partial charge in [-0.05, 0) is 36.2 Å². The van der Waals surface area contributed by atoms with Crippen molar-refractivity contribution in [1.29, 1.82) is 0 Å². The van der Waals surface area contributed by atoms with E-state index in [2.05, 4.69) is 26.6 Å². The van der Waals surface area contributed by atoms with Crippen LogP contribution in [0.15, 0.2) is 46.9 Å². The third-order valence-corrected chi connectivity index (χ3v) is 3.92. The minimum atomic E-state index is -0.793. The van der Waals surface area contributed by atoms with E-state index in [-0.39, 0.29) is 24.2 Å². The molecule has 1 amide bonds. The molecule has 122 valence electrons. The Morgan fingerprint density at radius 1 is 1.17 bits per heavy atom. The number of benzene rings is 2. The molecule has 0 aliphatic heterocycles. The van der Waals surface area contributed by atoms with Crippen LogP contribution in [0.2, 0.25) is 0 Å². The van der Waals surface area contributed by atoms with Crippen molar-refractivity contribution in [2.24, 2.45) is 0 Å². The number of carbonyl (C=O) groups is 1. The number of nitrogens with one attached hydrogen (secondary N) is 2. The Kier molecular flexibility index (Phi) is 6.24. The van der Waals surface area contributed by atoms with Gasteiger partial charge in [0.15, 0.2) is 0 Å². The molecule has 0 saturated carbocycles. The standard InChI is InChI=1S/C17H17BrF2N2O/c1-2-15(11-3-5-12(18)6-4-11)21-10-17(23)22-16-8-7-13(19)9-14(16)20/h3-9,15,21H,2,10H2,1H3,(H,22,23)/t15-/m0/s1. The normalized spacial score (nSPS) is 12.0. The number of halogens is 3. The van der Waals surface area contributed by atoms with Gasteiger partial charge in [-0.3, -0.25) is 4.79 Å². The van der Waals surface area contributed by atoms with E-state index in [0.29, 0.717) is 0 Å². The maximum atomic E-state index is 13.5. The monoisotopic (exact) mass is 382 g/mol. The first-order chi connectivity index (χ1) is 11.0. The zero-order valence-corrected chi connectivity index (χ0v) is 14.2. The number of hydrogen-bond donors (Lipinski definition) is 2. The highest BCUT2D eigenvalue weighted by Crippen LogP contribution is 2.19. The summed E-state index contributed by atoms with van der Waals surface area (Å²) in [6.07, 6.45) is 0.805. The Bertz CT molecular complexity index is 677. The van der Waals surface area contributed by atoms with Crippen molar-refractivity contribution in [2.75, 3.05) is 11.9 Å². The molecule has 2 aromatic rings. The molecule has 3 nitrogen and oxygen atoms in total. The Hall–Kier alpha value is -1.79. The van der Waals surface area contributed by atoms with E-state index >= 15 is 0 Å². The van der Waals surface area contributed by atoms with Gasteiger partial charge in [0.2, 0.25) is 5.91 Å². The van der Waals surface area contributed by atoms with E-state index < -0.39 is 11.6 Å². The fourth-order valence-electron chi connectivity index (χ4n) is 2.19. The van der Waals surface area contributed by atoms with Crippen LogP contribution in [0.3, 0.4) is 0 Å². The van der Waals surface area contributed by atoms with Crippen molar-refractivity contribution in [2.45, 2.75) is 19.4 Å². The summed E-state index contributed by atoms with van der Waals surface area (Å²) in [7, 11) is 0. The van der Waals surface area contributed by atoms with Crippen LogP contribution in [0.4, 0.5) is 14.5 Å². The van der Waals surface area contributed by atoms with Crippen LogP contribution in [0.25, 0.3) is 0 Å². The van der Waals surface area contributed by atoms with E-state index in [9.17, 15) is 13.6 Å². The SMILES string of the molecule is CC[C@H](NCC(=O)Nc1ccc(F)cc1F)c1ccc(Br)cc1. The summed E-state index contributed by atoms with van der Waals surface area (Å²) in [5.41, 5.74) is 1.03. The van der Waals surface area contributed by atoms with Gasteiger partial charge in [-0.25, -0.2) is 8.78 Å². The number of hydrogen-bond acceptors (Lipinski definition) is 2. The van der Waals surface area contributed by atoms with E-state index in [0.717, 1.165) is 28.6 Å². The highest BCUT2D eigenvalue weighted by Gasteiger charge is 2.12. The third kappa shape index (κ3) is 5.11. The van der Waals surface area contributed by atoms with Gasteiger partial charge >= 0.3 is 0 Å². The van der Waals surface area contributed by atoms with Crippen molar-refractivity contribution < 1.29 is 13.6 Å². The fourth-order valence-corrected chi connectivity index (χ4v) is 2.46. The van der Waals surface area contributed by atoms with Crippen LogP contribution in [0, 0.1) is 11.6 Å². The molecule has 1 atom stereocenters. The van der Waals surface area contributed by atoms with Crippen LogP contribution in [-0.4, -0.2) is 12.5 Å². The van der Waals surface area contributed by atoms with E-state index in [4.69, 9.17) is 0 Å². The van der Waals surface area contributed by atoms with Gasteiger partial charge in [-0.1, -0.05) is 35.0 Å². The maximum absolute atomic E-state index is 13.5. The number of carbonyl (C=O) groups excluding carboxylic acids is 1. The lowest BCUT2D eigenvalue weighted by atomic mass is 10.0. The highest BCUT2D eigenvalue weighted by atomic mass is 79.9. The Morgan fingerprint density at radius 3 is 2.48 bits per heavy atom. The van der Waals surface area contributed by atoms with Crippen LogP contribution < -0.4 is 10.6 Å². The van der Waals surface area contributed by atoms with Gasteiger partial charge in [-0.15, -0.1) is 0 Å². The predicted molar refractivity (Wildman–Crippen MR) is 90.2 cm³/mol. The summed E-state index contributed by atoms with van der Waals surface area (Å²) in [4.78, 5) is 11.9. The van der Waals surface area contributed by atoms with E-state index in [1.165, 1.54) is 6.07 Å². The third-order valence-electron chi connectivity index (χ3n) is 3.39. The molecule has 0 fully saturated rings. The largest absolute Gasteiger partial charge is 0.322 e. The number of anilines is 1. The molecule has 0 radical (unpaired) electrons. The molecular weight excluding hydrogens is 366 g/mol. The Morgan fingerprint density at radius 2 is 1.87 bits per heavy atom. The minimum absolute atomic E-state index is 0.0203. The van der Waals surface area contributed by atoms with E-state index in [1.54, 1.807) is 0 Å². The van der Waals surface area contributed by atoms with Crippen molar-refractivity contribution in [1.82, 2.24) is 5.32 Å². The highest BCUT2D eigenvalue weighted by molar-refractivity contribution is 9.10. The molecule has 0 spiro atoms. The lowest BCUT2D eigenvalue weighted by molar-refractivity contribution is -0.115. The average molecular weight is 383 g/mol. The fraction of sp³-hybridized carbons (Fsp3) is 0.235. The van der Waals surface area contributed by atoms with Crippen molar-refractivity contribution in [3.8, 4) is 0 Å². The summed E-state index contributed by atoms with van der Waals surface area (Å²) >= 11 is 3.38. The van der Waals surface area contributed by atoms with Crippen molar-refractivity contribution >= 4 is 27.5 Å². The van der Waals surface area contributed by atoms with Crippen LogP contribution in [0.5, 0.6) is 0 Å². The first-order valence-corrected chi connectivity index (χ1v) is 8.02. The second-order valence-electron chi connectivity index (χ2n) is 5.07. The molecule has 0 aromatic heterocycles. The second-order valence-corrected chi connectivity index (χ2v) is 5.98. The molecular formula is C17H17BrF2N2O. The maximum Gasteiger partial charge on any atom is 0.238 e. The van der Waals surface area contributed by atoms with Gasteiger partial charge < -0.3 is 10.6 Å². The molecule has 2 aromatic carbocycles. The predicted octanol–water partition coefficient (Wildman–Crippen LogP) is 4.41. The summed E-state index contributed by atoms with van der Waals surface area (Å²) in [6, 6.07) is 10.9. The smallest absolute Gasteiger partial charge is 0.238 e. The van der Waals surface area contributed by atoms with Crippen LogP contribution in [-0.2, 0) is 4.79 Å². The summed E-state index contributed by atoms with van der Waals surface area (Å²) < 4.78 is 27.3. The minimum Gasteiger partial charge on any atom is -0.322 e. The summed E-state index contributed by atoms with van der Waals surface area (Å²) in [6.45, 7) is 2.04. The topological polar surface area (TPSA) is 41.1 Å². The molecule has 0 heterocycles. The van der Waals surface area contributed by atoms with Crippen LogP contribution in [0.1, 0.15) is 24.9 Å². The summed E-state index contributed by atoms with van der Waals surface area (Å²) in [5, 5.41) is 5.56. The molecule has 0 unspecified atom stereocenters. The van der Waals surface area contributed by atoms with Gasteiger partial charge in [0.05, 0.1) is 12.2 Å². The molecule has 0 aliphatic rings. The average Bonchev–Trinajstić information content (AvgIpc) is 2.52. The molecule has 6 heteroatoms. The van der Waals surface area contributed by atoms with Crippen molar-refractivity contribution in [3.05, 3.63) is 64.1 Å². The molecule has 0 saturated heterocycles. The second kappa shape index (κ2) is 8.17. The Labute approximate surface area is 142 Å². The lowest BCUT2D eigenvalue weighted by Gasteiger charge is -2.17. The first kappa shape index (κ1) is 17.6. The summed E-state index contributed by atoms with van der Waals surface area (Å²) in [5.74, 6) is -1.86. The van der Waals surface area contributed by atoms with Gasteiger partial charge in [-0.2, -0.15) is 0 Å². The Balaban J connectivity index is 1.93. The molecule has 23 heavy (non-hydrogen) atoms. The quantitative estimate of drug-likeness (QED) is 0.776. The number of rotatable bonds is 6. The molecule has 0 aliphatic carbocycles. The molecule has 2 N–H and O–H groups in total. The van der Waals surface area contributed by atoms with Gasteiger partial charge in [0, 0.05) is 16.6 Å². The zero-order chi connectivity index (χ0) is 16.8. The van der Waals surface area contributed by atoms with Gasteiger partial charge in [0.25, 0.3) is 0 Å². The number of amides is 1.